The number of aryl methyl sites for hydroxylation is 2. The lowest BCUT2D eigenvalue weighted by atomic mass is 9.92. The Bertz CT molecular complexity index is 1500. The number of amides is 1. The Kier molecular flexibility index (Phi) is 6.70. The summed E-state index contributed by atoms with van der Waals surface area (Å²) < 4.78 is 13.5. The molecule has 0 N–H and O–H groups in total. The van der Waals surface area contributed by atoms with Gasteiger partial charge in [-0.25, -0.2) is 4.98 Å². The predicted molar refractivity (Wildman–Crippen MR) is 149 cm³/mol. The molecule has 1 unspecified atom stereocenters. The van der Waals surface area contributed by atoms with Gasteiger partial charge in [0.05, 0.1) is 38.9 Å². The molecular formula is C29H30Cl2N4O3. The second-order valence-electron chi connectivity index (χ2n) is 10.3. The van der Waals surface area contributed by atoms with Gasteiger partial charge in [0.25, 0.3) is 0 Å². The first-order valence-electron chi connectivity index (χ1n) is 13.1. The van der Waals surface area contributed by atoms with Crippen molar-refractivity contribution in [3.05, 3.63) is 63.7 Å². The molecule has 6 rings (SSSR count). The van der Waals surface area contributed by atoms with Crippen molar-refractivity contribution in [1.82, 2.24) is 14.7 Å². The van der Waals surface area contributed by atoms with E-state index in [4.69, 9.17) is 37.4 Å². The van der Waals surface area contributed by atoms with Crippen LogP contribution in [0.5, 0.6) is 0 Å². The number of rotatable bonds is 5. The molecule has 4 aromatic rings. The first kappa shape index (κ1) is 25.4. The molecule has 2 aromatic heterocycles. The third-order valence-corrected chi connectivity index (χ3v) is 8.81. The molecule has 0 spiro atoms. The molecule has 3 heterocycles. The van der Waals surface area contributed by atoms with Crippen LogP contribution in [0.15, 0.2) is 40.9 Å². The summed E-state index contributed by atoms with van der Waals surface area (Å²) in [4.78, 5) is 20.3. The van der Waals surface area contributed by atoms with Crippen LogP contribution < -0.4 is 4.90 Å². The fraction of sp³-hybridized carbons (Fsp3) is 0.414. The van der Waals surface area contributed by atoms with Gasteiger partial charge in [0.2, 0.25) is 5.91 Å². The summed E-state index contributed by atoms with van der Waals surface area (Å²) >= 11 is 12.5. The van der Waals surface area contributed by atoms with Gasteiger partial charge >= 0.3 is 0 Å². The number of methoxy groups -OCH3 is 1. The number of halogens is 2. The number of carbonyl (C=O) groups is 1. The summed E-state index contributed by atoms with van der Waals surface area (Å²) in [5, 5.41) is 5.03. The van der Waals surface area contributed by atoms with E-state index in [-0.39, 0.29) is 24.1 Å². The van der Waals surface area contributed by atoms with E-state index in [0.29, 0.717) is 22.9 Å². The third kappa shape index (κ3) is 4.31. The largest absolute Gasteiger partial charge is 0.381 e. The molecule has 2 aliphatic rings. The van der Waals surface area contributed by atoms with Crippen molar-refractivity contribution in [3.8, 4) is 11.1 Å². The Morgan fingerprint density at radius 3 is 2.47 bits per heavy atom. The second-order valence-corrected chi connectivity index (χ2v) is 11.1. The van der Waals surface area contributed by atoms with Gasteiger partial charge < -0.3 is 18.7 Å². The maximum atomic E-state index is 13.2. The number of hydrogen-bond donors (Lipinski definition) is 0. The highest BCUT2D eigenvalue weighted by Crippen LogP contribution is 2.43. The van der Waals surface area contributed by atoms with E-state index in [1.165, 1.54) is 0 Å². The lowest BCUT2D eigenvalue weighted by Crippen LogP contribution is -2.31. The minimum Gasteiger partial charge on any atom is -0.381 e. The number of fused-ring (bicyclic) bond motifs is 1. The second kappa shape index (κ2) is 10.0. The SMILES string of the molecule is COC1CCC(n2c(C3CCC(=O)N3c3ccc(Cl)c(Cl)c3)nc3cc(-c4c(C)noc4C)ccc32)CC1. The summed E-state index contributed by atoms with van der Waals surface area (Å²) in [7, 11) is 1.79. The van der Waals surface area contributed by atoms with Crippen LogP contribution in [0.25, 0.3) is 22.2 Å². The first-order valence-corrected chi connectivity index (χ1v) is 13.9. The molecule has 1 amide bonds. The summed E-state index contributed by atoms with van der Waals surface area (Å²) in [5.74, 6) is 1.76. The molecule has 1 saturated carbocycles. The Labute approximate surface area is 231 Å². The Hall–Kier alpha value is -2.87. The van der Waals surface area contributed by atoms with Gasteiger partial charge in [-0.05, 0) is 81.8 Å². The molecule has 0 bridgehead atoms. The number of benzene rings is 2. The van der Waals surface area contributed by atoms with Crippen LogP contribution in [0.1, 0.15) is 67.9 Å². The Balaban J connectivity index is 1.49. The van der Waals surface area contributed by atoms with Gasteiger partial charge in [0, 0.05) is 30.8 Å². The molecular weight excluding hydrogens is 523 g/mol. The van der Waals surface area contributed by atoms with Crippen LogP contribution in [-0.4, -0.2) is 33.8 Å². The number of carbonyl (C=O) groups excluding carboxylic acids is 1. The molecule has 1 aliphatic carbocycles. The third-order valence-electron chi connectivity index (χ3n) is 8.07. The standard InChI is InChI=1S/C29H30Cl2N4O3/c1-16-28(17(2)38-33-16)18-4-11-25-24(14-18)32-29(35(25)19-5-8-21(37-3)9-6-19)26-12-13-27(36)34(26)20-7-10-22(30)23(31)15-20/h4,7,10-11,14-15,19,21,26H,5-6,8-9,12-13H2,1-3H3. The quantitative estimate of drug-likeness (QED) is 0.254. The predicted octanol–water partition coefficient (Wildman–Crippen LogP) is 7.61. The maximum absolute atomic E-state index is 13.2. The lowest BCUT2D eigenvalue weighted by molar-refractivity contribution is -0.117. The Morgan fingerprint density at radius 1 is 1.00 bits per heavy atom. The fourth-order valence-corrected chi connectivity index (χ4v) is 6.51. The van der Waals surface area contributed by atoms with Crippen molar-refractivity contribution in [2.45, 2.75) is 70.6 Å². The minimum absolute atomic E-state index is 0.0616. The average molecular weight is 553 g/mol. The molecule has 9 heteroatoms. The normalized spacial score (nSPS) is 22.1. The van der Waals surface area contributed by atoms with Gasteiger partial charge in [0.15, 0.2) is 0 Å². The summed E-state index contributed by atoms with van der Waals surface area (Å²) in [6, 6.07) is 11.8. The number of aromatic nitrogens is 3. The monoisotopic (exact) mass is 552 g/mol. The molecule has 1 atom stereocenters. The van der Waals surface area contributed by atoms with Crippen molar-refractivity contribution < 1.29 is 14.1 Å². The molecule has 2 fully saturated rings. The Morgan fingerprint density at radius 2 is 1.79 bits per heavy atom. The number of ether oxygens (including phenoxy) is 1. The topological polar surface area (TPSA) is 73.4 Å². The van der Waals surface area contributed by atoms with E-state index in [2.05, 4.69) is 27.9 Å². The number of anilines is 1. The van der Waals surface area contributed by atoms with Crippen molar-refractivity contribution in [3.63, 3.8) is 0 Å². The zero-order valence-electron chi connectivity index (χ0n) is 21.7. The van der Waals surface area contributed by atoms with Crippen LogP contribution in [0.4, 0.5) is 5.69 Å². The molecule has 0 radical (unpaired) electrons. The van der Waals surface area contributed by atoms with Crippen molar-refractivity contribution in [1.29, 1.82) is 0 Å². The molecule has 38 heavy (non-hydrogen) atoms. The van der Waals surface area contributed by atoms with Crippen molar-refractivity contribution in [2.75, 3.05) is 12.0 Å². The van der Waals surface area contributed by atoms with E-state index in [9.17, 15) is 4.79 Å². The first-order chi connectivity index (χ1) is 18.4. The van der Waals surface area contributed by atoms with Crippen LogP contribution >= 0.6 is 23.2 Å². The molecule has 1 aliphatic heterocycles. The van der Waals surface area contributed by atoms with Crippen LogP contribution in [0.3, 0.4) is 0 Å². The van der Waals surface area contributed by atoms with E-state index in [1.807, 2.05) is 24.8 Å². The van der Waals surface area contributed by atoms with Gasteiger partial charge in [-0.2, -0.15) is 0 Å². The van der Waals surface area contributed by atoms with E-state index >= 15 is 0 Å². The van der Waals surface area contributed by atoms with Crippen LogP contribution in [0, 0.1) is 13.8 Å². The zero-order valence-corrected chi connectivity index (χ0v) is 23.2. The van der Waals surface area contributed by atoms with Crippen molar-refractivity contribution in [2.24, 2.45) is 0 Å². The van der Waals surface area contributed by atoms with Gasteiger partial charge in [0.1, 0.15) is 11.6 Å². The molecule has 198 valence electrons. The average Bonchev–Trinajstić information content (AvgIpc) is 3.59. The highest BCUT2D eigenvalue weighted by Gasteiger charge is 2.38. The fourth-order valence-electron chi connectivity index (χ4n) is 6.21. The van der Waals surface area contributed by atoms with E-state index < -0.39 is 0 Å². The summed E-state index contributed by atoms with van der Waals surface area (Å²) in [6.45, 7) is 3.88. The van der Waals surface area contributed by atoms with Gasteiger partial charge in [-0.15, -0.1) is 0 Å². The molecule has 7 nitrogen and oxygen atoms in total. The smallest absolute Gasteiger partial charge is 0.227 e. The maximum Gasteiger partial charge on any atom is 0.227 e. The van der Waals surface area contributed by atoms with E-state index in [1.54, 1.807) is 19.2 Å². The molecule has 1 saturated heterocycles. The lowest BCUT2D eigenvalue weighted by Gasteiger charge is -2.32. The summed E-state index contributed by atoms with van der Waals surface area (Å²) in [6.07, 6.45) is 5.42. The number of imidazole rings is 1. The zero-order chi connectivity index (χ0) is 26.6. The minimum atomic E-state index is -0.199. The number of nitrogens with zero attached hydrogens (tertiary/aromatic N) is 4. The van der Waals surface area contributed by atoms with Crippen LogP contribution in [0.2, 0.25) is 10.0 Å². The van der Waals surface area contributed by atoms with Gasteiger partial charge in [-0.1, -0.05) is 34.4 Å². The van der Waals surface area contributed by atoms with Crippen LogP contribution in [-0.2, 0) is 9.53 Å². The van der Waals surface area contributed by atoms with E-state index in [0.717, 1.165) is 70.8 Å². The highest BCUT2D eigenvalue weighted by atomic mass is 35.5. The number of hydrogen-bond acceptors (Lipinski definition) is 5. The van der Waals surface area contributed by atoms with Crippen molar-refractivity contribution >= 4 is 45.8 Å². The highest BCUT2D eigenvalue weighted by molar-refractivity contribution is 6.42. The molecule has 2 aromatic carbocycles. The van der Waals surface area contributed by atoms with Gasteiger partial charge in [-0.3, -0.25) is 4.79 Å². The summed E-state index contributed by atoms with van der Waals surface area (Å²) in [5.41, 5.74) is 5.59.